The summed E-state index contributed by atoms with van der Waals surface area (Å²) in [5.74, 6) is -0.943. The fraction of sp³-hybridized carbons (Fsp3) is 0.833. The van der Waals surface area contributed by atoms with E-state index in [0.29, 0.717) is 13.0 Å². The molecule has 1 aliphatic rings. The Hall–Kier alpha value is -0.610. The van der Waals surface area contributed by atoms with Gasteiger partial charge in [0.25, 0.3) is 0 Å². The van der Waals surface area contributed by atoms with Crippen LogP contribution < -0.4 is 5.73 Å². The monoisotopic (exact) mass is 145 g/mol. The van der Waals surface area contributed by atoms with Crippen molar-refractivity contribution in [1.82, 2.24) is 0 Å². The fourth-order valence-electron chi connectivity index (χ4n) is 0.999. The number of ether oxygens (including phenoxy) is 1. The highest BCUT2D eigenvalue weighted by Crippen LogP contribution is 2.38. The molecule has 0 aromatic carbocycles. The lowest BCUT2D eigenvalue weighted by Gasteiger charge is -2.09. The van der Waals surface area contributed by atoms with Crippen LogP contribution in [0.4, 0.5) is 0 Å². The molecule has 0 aliphatic heterocycles. The molecular weight excluding hydrogens is 134 g/mol. The van der Waals surface area contributed by atoms with E-state index in [2.05, 4.69) is 0 Å². The highest BCUT2D eigenvalue weighted by Gasteiger charge is 2.60. The third-order valence-electron chi connectivity index (χ3n) is 1.73. The molecule has 3 N–H and O–H groups in total. The Kier molecular flexibility index (Phi) is 1.66. The molecule has 0 aromatic heterocycles. The average molecular weight is 145 g/mol. The van der Waals surface area contributed by atoms with E-state index in [4.69, 9.17) is 15.6 Å². The second-order valence-corrected chi connectivity index (χ2v) is 2.44. The molecule has 2 atom stereocenters. The first-order chi connectivity index (χ1) is 4.63. The van der Waals surface area contributed by atoms with E-state index in [-0.39, 0.29) is 6.04 Å². The standard InChI is InChI=1S/C6H11NO3/c1-2-10-6(5(8)9)3-4(6)7/h4H,2-3,7H2,1H3,(H,8,9). The SMILES string of the molecule is CCOC1(C(=O)O)CC1N. The summed E-state index contributed by atoms with van der Waals surface area (Å²) in [7, 11) is 0. The summed E-state index contributed by atoms with van der Waals surface area (Å²) in [6, 6.07) is -0.315. The highest BCUT2D eigenvalue weighted by atomic mass is 16.5. The second kappa shape index (κ2) is 2.21. The van der Waals surface area contributed by atoms with Crippen molar-refractivity contribution in [2.24, 2.45) is 5.73 Å². The van der Waals surface area contributed by atoms with Gasteiger partial charge in [-0.25, -0.2) is 4.79 Å². The number of hydrogen-bond acceptors (Lipinski definition) is 3. The van der Waals surface area contributed by atoms with Crippen LogP contribution in [0.15, 0.2) is 0 Å². The summed E-state index contributed by atoms with van der Waals surface area (Å²) < 4.78 is 4.99. The maximum Gasteiger partial charge on any atom is 0.337 e. The van der Waals surface area contributed by atoms with Gasteiger partial charge in [-0.05, 0) is 6.92 Å². The van der Waals surface area contributed by atoms with Crippen molar-refractivity contribution in [2.45, 2.75) is 25.0 Å². The Balaban J connectivity index is 2.55. The zero-order valence-electron chi connectivity index (χ0n) is 5.83. The summed E-state index contributed by atoms with van der Waals surface area (Å²) in [5, 5.41) is 8.60. The molecule has 1 saturated carbocycles. The zero-order chi connectivity index (χ0) is 7.78. The van der Waals surface area contributed by atoms with Gasteiger partial charge in [-0.2, -0.15) is 0 Å². The van der Waals surface area contributed by atoms with Crippen molar-refractivity contribution < 1.29 is 14.6 Å². The van der Waals surface area contributed by atoms with Crippen LogP contribution in [-0.2, 0) is 9.53 Å². The van der Waals surface area contributed by atoms with Crippen molar-refractivity contribution in [3.8, 4) is 0 Å². The largest absolute Gasteiger partial charge is 0.479 e. The highest BCUT2D eigenvalue weighted by molar-refractivity contribution is 5.82. The molecule has 0 aromatic rings. The van der Waals surface area contributed by atoms with Crippen LogP contribution in [-0.4, -0.2) is 29.3 Å². The maximum atomic E-state index is 10.5. The van der Waals surface area contributed by atoms with E-state index in [9.17, 15) is 4.79 Å². The fourth-order valence-corrected chi connectivity index (χ4v) is 0.999. The zero-order valence-corrected chi connectivity index (χ0v) is 5.83. The molecule has 58 valence electrons. The van der Waals surface area contributed by atoms with Gasteiger partial charge in [0.1, 0.15) is 0 Å². The summed E-state index contributed by atoms with van der Waals surface area (Å²) in [5.41, 5.74) is 4.34. The lowest BCUT2D eigenvalue weighted by molar-refractivity contribution is -0.153. The van der Waals surface area contributed by atoms with Crippen molar-refractivity contribution in [1.29, 1.82) is 0 Å². The van der Waals surface area contributed by atoms with Gasteiger partial charge >= 0.3 is 5.97 Å². The first kappa shape index (κ1) is 7.50. The Morgan fingerprint density at radius 1 is 2.00 bits per heavy atom. The molecule has 1 rings (SSSR count). The molecular formula is C6H11NO3. The van der Waals surface area contributed by atoms with Crippen LogP contribution in [0.5, 0.6) is 0 Å². The predicted octanol–water partition coefficient (Wildman–Crippen LogP) is -0.423. The Bertz CT molecular complexity index is 159. The van der Waals surface area contributed by atoms with Gasteiger partial charge in [0.2, 0.25) is 0 Å². The maximum absolute atomic E-state index is 10.5. The van der Waals surface area contributed by atoms with E-state index >= 15 is 0 Å². The molecule has 2 unspecified atom stereocenters. The van der Waals surface area contributed by atoms with Gasteiger partial charge in [-0.1, -0.05) is 0 Å². The van der Waals surface area contributed by atoms with E-state index in [1.54, 1.807) is 6.92 Å². The number of rotatable bonds is 3. The Morgan fingerprint density at radius 3 is 2.60 bits per heavy atom. The lowest BCUT2D eigenvalue weighted by atomic mass is 10.3. The van der Waals surface area contributed by atoms with Gasteiger partial charge in [0.05, 0.1) is 0 Å². The van der Waals surface area contributed by atoms with E-state index in [1.165, 1.54) is 0 Å². The summed E-state index contributed by atoms with van der Waals surface area (Å²) in [6.45, 7) is 2.16. The number of carboxylic acid groups (broad SMARTS) is 1. The van der Waals surface area contributed by atoms with Gasteiger partial charge in [0.15, 0.2) is 5.60 Å². The first-order valence-corrected chi connectivity index (χ1v) is 3.26. The van der Waals surface area contributed by atoms with Crippen LogP contribution in [0.25, 0.3) is 0 Å². The predicted molar refractivity (Wildman–Crippen MR) is 34.6 cm³/mol. The minimum atomic E-state index is -1.05. The molecule has 0 amide bonds. The molecule has 10 heavy (non-hydrogen) atoms. The van der Waals surface area contributed by atoms with Crippen LogP contribution in [0.3, 0.4) is 0 Å². The smallest absolute Gasteiger partial charge is 0.337 e. The summed E-state index contributed by atoms with van der Waals surface area (Å²) >= 11 is 0. The number of carbonyl (C=O) groups is 1. The number of aliphatic carboxylic acids is 1. The molecule has 0 saturated heterocycles. The van der Waals surface area contributed by atoms with Gasteiger partial charge < -0.3 is 15.6 Å². The quantitative estimate of drug-likeness (QED) is 0.565. The third-order valence-corrected chi connectivity index (χ3v) is 1.73. The average Bonchev–Trinajstić information content (AvgIpc) is 2.44. The van der Waals surface area contributed by atoms with Crippen LogP contribution in [0.2, 0.25) is 0 Å². The molecule has 4 heteroatoms. The summed E-state index contributed by atoms with van der Waals surface area (Å²) in [6.07, 6.45) is 0.441. The van der Waals surface area contributed by atoms with Crippen LogP contribution in [0.1, 0.15) is 13.3 Å². The van der Waals surface area contributed by atoms with Crippen molar-refractivity contribution in [2.75, 3.05) is 6.61 Å². The van der Waals surface area contributed by atoms with E-state index in [1.807, 2.05) is 0 Å². The molecule has 0 heterocycles. The summed E-state index contributed by atoms with van der Waals surface area (Å²) in [4.78, 5) is 10.5. The second-order valence-electron chi connectivity index (χ2n) is 2.44. The molecule has 0 bridgehead atoms. The van der Waals surface area contributed by atoms with Gasteiger partial charge in [-0.15, -0.1) is 0 Å². The van der Waals surface area contributed by atoms with Crippen LogP contribution >= 0.6 is 0 Å². The molecule has 0 radical (unpaired) electrons. The molecule has 1 fully saturated rings. The molecule has 0 spiro atoms. The van der Waals surface area contributed by atoms with E-state index < -0.39 is 11.6 Å². The topological polar surface area (TPSA) is 72.5 Å². The Labute approximate surface area is 59.0 Å². The first-order valence-electron chi connectivity index (χ1n) is 3.26. The van der Waals surface area contributed by atoms with E-state index in [0.717, 1.165) is 0 Å². The molecule has 4 nitrogen and oxygen atoms in total. The van der Waals surface area contributed by atoms with Crippen LogP contribution in [0, 0.1) is 0 Å². The third kappa shape index (κ3) is 0.892. The van der Waals surface area contributed by atoms with Gasteiger partial charge in [0, 0.05) is 19.1 Å². The van der Waals surface area contributed by atoms with Crippen molar-refractivity contribution in [3.63, 3.8) is 0 Å². The number of carboxylic acids is 1. The number of nitrogens with two attached hydrogens (primary N) is 1. The molecule has 1 aliphatic carbocycles. The minimum Gasteiger partial charge on any atom is -0.479 e. The van der Waals surface area contributed by atoms with Crippen molar-refractivity contribution >= 4 is 5.97 Å². The van der Waals surface area contributed by atoms with Crippen molar-refractivity contribution in [3.05, 3.63) is 0 Å². The van der Waals surface area contributed by atoms with Gasteiger partial charge in [-0.3, -0.25) is 0 Å². The lowest BCUT2D eigenvalue weighted by Crippen LogP contribution is -2.33. The normalized spacial score (nSPS) is 37.6. The minimum absolute atomic E-state index is 0.315. The Morgan fingerprint density at radius 2 is 2.50 bits per heavy atom. The number of hydrogen-bond donors (Lipinski definition) is 2.